The predicted molar refractivity (Wildman–Crippen MR) is 137 cm³/mol. The lowest BCUT2D eigenvalue weighted by atomic mass is 9.73. The number of benzene rings is 2. The van der Waals surface area contributed by atoms with Crippen LogP contribution in [-0.4, -0.2) is 47.9 Å². The van der Waals surface area contributed by atoms with E-state index in [4.69, 9.17) is 10.7 Å². The molecule has 1 aromatic heterocycles. The van der Waals surface area contributed by atoms with E-state index < -0.39 is 11.7 Å². The van der Waals surface area contributed by atoms with Crippen molar-refractivity contribution in [1.82, 2.24) is 15.2 Å². The molecular formula is C28H33N5O. The molecule has 6 heteroatoms. The van der Waals surface area contributed by atoms with Gasteiger partial charge in [-0.1, -0.05) is 68.4 Å². The summed E-state index contributed by atoms with van der Waals surface area (Å²) in [5, 5.41) is 3.36. The van der Waals surface area contributed by atoms with Gasteiger partial charge in [0.1, 0.15) is 5.41 Å². The summed E-state index contributed by atoms with van der Waals surface area (Å²) in [4.78, 5) is 24.7. The fourth-order valence-corrected chi connectivity index (χ4v) is 4.48. The number of aliphatic imine (C=N–C) groups is 1. The Balaban J connectivity index is 1.61. The molecule has 0 bridgehead atoms. The van der Waals surface area contributed by atoms with Crippen LogP contribution in [0.2, 0.25) is 0 Å². The van der Waals surface area contributed by atoms with E-state index in [0.717, 1.165) is 17.5 Å². The van der Waals surface area contributed by atoms with Gasteiger partial charge in [0.05, 0.1) is 0 Å². The van der Waals surface area contributed by atoms with Gasteiger partial charge >= 0.3 is 0 Å². The van der Waals surface area contributed by atoms with Crippen LogP contribution in [0.5, 0.6) is 0 Å². The Bertz CT molecular complexity index is 1130. The zero-order valence-corrected chi connectivity index (χ0v) is 20.1. The van der Waals surface area contributed by atoms with Crippen molar-refractivity contribution in [1.29, 1.82) is 0 Å². The third-order valence-electron chi connectivity index (χ3n) is 6.48. The summed E-state index contributed by atoms with van der Waals surface area (Å²) in [6.07, 6.45) is 5.52. The van der Waals surface area contributed by atoms with Crippen LogP contribution in [0.25, 0.3) is 0 Å². The monoisotopic (exact) mass is 455 g/mol. The van der Waals surface area contributed by atoms with E-state index in [9.17, 15) is 4.79 Å². The van der Waals surface area contributed by atoms with Gasteiger partial charge in [-0.2, -0.15) is 0 Å². The van der Waals surface area contributed by atoms with Gasteiger partial charge in [-0.3, -0.25) is 20.1 Å². The maximum absolute atomic E-state index is 14.0. The first kappa shape index (κ1) is 23.8. The van der Waals surface area contributed by atoms with Crippen LogP contribution in [0.15, 0.2) is 84.1 Å². The summed E-state index contributed by atoms with van der Waals surface area (Å²) in [6, 6.07) is 22.1. The molecule has 1 aliphatic heterocycles. The molecule has 3 atom stereocenters. The van der Waals surface area contributed by atoms with Crippen molar-refractivity contribution in [3.8, 4) is 0 Å². The molecule has 34 heavy (non-hydrogen) atoms. The summed E-state index contributed by atoms with van der Waals surface area (Å²) in [6.45, 7) is 4.85. The Hall–Kier alpha value is -3.35. The van der Waals surface area contributed by atoms with Crippen LogP contribution in [0, 0.1) is 0 Å². The molecule has 0 aliphatic carbocycles. The molecule has 1 aliphatic rings. The van der Waals surface area contributed by atoms with Crippen LogP contribution in [0.3, 0.4) is 0 Å². The highest BCUT2D eigenvalue weighted by molar-refractivity contribution is 6.09. The highest BCUT2D eigenvalue weighted by atomic mass is 16.2. The summed E-state index contributed by atoms with van der Waals surface area (Å²) >= 11 is 0. The second-order valence-electron chi connectivity index (χ2n) is 9.25. The topological polar surface area (TPSA) is 83.6 Å². The summed E-state index contributed by atoms with van der Waals surface area (Å²) < 4.78 is 0. The molecular weight excluding hydrogens is 422 g/mol. The van der Waals surface area contributed by atoms with E-state index in [1.54, 1.807) is 30.6 Å². The minimum absolute atomic E-state index is 0.0382. The van der Waals surface area contributed by atoms with Crippen molar-refractivity contribution in [2.24, 2.45) is 10.7 Å². The minimum Gasteiger partial charge on any atom is -0.326 e. The number of hydrogen-bond donors (Lipinski definition) is 2. The Labute approximate surface area is 201 Å². The average molecular weight is 456 g/mol. The number of amides is 1. The molecule has 4 rings (SSSR count). The number of pyridine rings is 1. The lowest BCUT2D eigenvalue weighted by molar-refractivity contribution is -0.135. The van der Waals surface area contributed by atoms with E-state index in [1.165, 1.54) is 11.1 Å². The van der Waals surface area contributed by atoms with E-state index in [2.05, 4.69) is 48.4 Å². The van der Waals surface area contributed by atoms with Gasteiger partial charge in [-0.05, 0) is 46.7 Å². The molecule has 2 aromatic carbocycles. The number of carbonyl (C=O) groups is 1. The standard InChI is InChI=1S/C28H33N5O/c1-20(2)22-10-7-11-24(17-22)28(23-12-14-30-15-13-23)19-32-27(33(3)26(28)34)31-18-25(29)16-21-8-5-4-6-9-21/h4-15,17,19-20,25,27,31H,16,18,29H2,1-3H3/t25-,27?,28?/m0/s1. The molecule has 176 valence electrons. The Kier molecular flexibility index (Phi) is 7.20. The fraction of sp³-hybridized carbons (Fsp3) is 0.321. The van der Waals surface area contributed by atoms with E-state index in [1.807, 2.05) is 42.5 Å². The van der Waals surface area contributed by atoms with Crippen molar-refractivity contribution in [2.75, 3.05) is 13.6 Å². The number of carbonyl (C=O) groups excluding carboxylic acids is 1. The fourth-order valence-electron chi connectivity index (χ4n) is 4.48. The number of nitrogens with one attached hydrogen (secondary N) is 1. The molecule has 0 saturated heterocycles. The molecule has 0 fully saturated rings. The largest absolute Gasteiger partial charge is 0.326 e. The molecule has 0 saturated carbocycles. The minimum atomic E-state index is -1.01. The van der Waals surface area contributed by atoms with Gasteiger partial charge in [0.2, 0.25) is 5.91 Å². The van der Waals surface area contributed by atoms with Gasteiger partial charge < -0.3 is 10.6 Å². The third-order valence-corrected chi connectivity index (χ3v) is 6.48. The second kappa shape index (κ2) is 10.3. The van der Waals surface area contributed by atoms with Gasteiger partial charge in [-0.15, -0.1) is 0 Å². The van der Waals surface area contributed by atoms with Crippen LogP contribution >= 0.6 is 0 Å². The number of likely N-dealkylation sites (N-methyl/N-ethyl adjacent to an activating group) is 1. The first-order valence-electron chi connectivity index (χ1n) is 11.8. The lowest BCUT2D eigenvalue weighted by Crippen LogP contribution is -2.59. The predicted octanol–water partition coefficient (Wildman–Crippen LogP) is 3.48. The maximum atomic E-state index is 14.0. The smallest absolute Gasteiger partial charge is 0.245 e. The van der Waals surface area contributed by atoms with Crippen LogP contribution in [0.4, 0.5) is 0 Å². The molecule has 2 unspecified atom stereocenters. The van der Waals surface area contributed by atoms with Crippen molar-refractivity contribution in [3.05, 3.63) is 101 Å². The molecule has 0 spiro atoms. The molecule has 0 radical (unpaired) electrons. The van der Waals surface area contributed by atoms with E-state index in [-0.39, 0.29) is 11.9 Å². The Morgan fingerprint density at radius 2 is 1.76 bits per heavy atom. The third kappa shape index (κ3) is 4.79. The van der Waals surface area contributed by atoms with Crippen LogP contribution in [0.1, 0.15) is 42.0 Å². The second-order valence-corrected chi connectivity index (χ2v) is 9.25. The molecule has 6 nitrogen and oxygen atoms in total. The maximum Gasteiger partial charge on any atom is 0.245 e. The first-order chi connectivity index (χ1) is 16.4. The highest BCUT2D eigenvalue weighted by Crippen LogP contribution is 2.36. The van der Waals surface area contributed by atoms with Crippen LogP contribution < -0.4 is 11.1 Å². The van der Waals surface area contributed by atoms with Gasteiger partial charge in [-0.25, -0.2) is 0 Å². The van der Waals surface area contributed by atoms with Crippen molar-refractivity contribution in [3.63, 3.8) is 0 Å². The quantitative estimate of drug-likeness (QED) is 0.545. The molecule has 1 amide bonds. The SMILES string of the molecule is CC(C)c1cccc(C2(c3ccncc3)C=NC(NC[C@@H](N)Cc3ccccc3)N(C)C2=O)c1. The van der Waals surface area contributed by atoms with Crippen molar-refractivity contribution >= 4 is 12.1 Å². The zero-order chi connectivity index (χ0) is 24.1. The zero-order valence-electron chi connectivity index (χ0n) is 20.1. The molecule has 3 aromatic rings. The number of nitrogens with two attached hydrogens (primary N) is 1. The number of hydrogen-bond acceptors (Lipinski definition) is 5. The molecule has 3 N–H and O–H groups in total. The first-order valence-corrected chi connectivity index (χ1v) is 11.8. The molecule has 2 heterocycles. The van der Waals surface area contributed by atoms with E-state index >= 15 is 0 Å². The Morgan fingerprint density at radius 1 is 1.03 bits per heavy atom. The average Bonchev–Trinajstić information content (AvgIpc) is 2.86. The summed E-state index contributed by atoms with van der Waals surface area (Å²) in [5.41, 5.74) is 9.48. The van der Waals surface area contributed by atoms with Crippen LogP contribution in [-0.2, 0) is 16.6 Å². The van der Waals surface area contributed by atoms with Gasteiger partial charge in [0.15, 0.2) is 6.29 Å². The Morgan fingerprint density at radius 3 is 2.47 bits per heavy atom. The number of rotatable bonds is 8. The number of nitrogens with zero attached hydrogens (tertiary/aromatic N) is 3. The van der Waals surface area contributed by atoms with Gasteiger partial charge in [0.25, 0.3) is 0 Å². The van der Waals surface area contributed by atoms with Gasteiger partial charge in [0, 0.05) is 38.2 Å². The normalized spacial score (nSPS) is 21.1. The highest BCUT2D eigenvalue weighted by Gasteiger charge is 2.47. The van der Waals surface area contributed by atoms with Crippen molar-refractivity contribution in [2.45, 2.75) is 43.9 Å². The van der Waals surface area contributed by atoms with Crippen molar-refractivity contribution < 1.29 is 4.79 Å². The van der Waals surface area contributed by atoms with E-state index in [0.29, 0.717) is 12.5 Å². The summed E-state index contributed by atoms with van der Waals surface area (Å²) in [7, 11) is 1.79. The number of aromatic nitrogens is 1. The summed E-state index contributed by atoms with van der Waals surface area (Å²) in [5.74, 6) is 0.312. The lowest BCUT2D eigenvalue weighted by Gasteiger charge is -2.40.